The lowest BCUT2D eigenvalue weighted by atomic mass is 9.93. The molecule has 0 spiro atoms. The van der Waals surface area contributed by atoms with Crippen LogP contribution in [-0.2, 0) is 0 Å². The first-order chi connectivity index (χ1) is 13.5. The van der Waals surface area contributed by atoms with Gasteiger partial charge in [-0.1, -0.05) is 35.4 Å². The van der Waals surface area contributed by atoms with Crippen molar-refractivity contribution in [3.8, 4) is 0 Å². The number of benzene rings is 2. The van der Waals surface area contributed by atoms with Crippen LogP contribution in [0.4, 0.5) is 10.5 Å². The molecule has 0 aliphatic carbocycles. The lowest BCUT2D eigenvalue weighted by Crippen LogP contribution is -2.41. The Bertz CT molecular complexity index is 815. The van der Waals surface area contributed by atoms with E-state index in [4.69, 9.17) is 11.6 Å². The van der Waals surface area contributed by atoms with Crippen LogP contribution in [-0.4, -0.2) is 36.5 Å². The molecule has 2 aromatic carbocycles. The van der Waals surface area contributed by atoms with Gasteiger partial charge in [-0.3, -0.25) is 4.79 Å². The number of rotatable bonds is 5. The van der Waals surface area contributed by atoms with Gasteiger partial charge in [0.15, 0.2) is 0 Å². The smallest absolute Gasteiger partial charge is 0.321 e. The molecule has 6 heteroatoms. The van der Waals surface area contributed by atoms with Gasteiger partial charge in [0.2, 0.25) is 0 Å². The fourth-order valence-electron chi connectivity index (χ4n) is 3.39. The summed E-state index contributed by atoms with van der Waals surface area (Å²) >= 11 is 5.96. The van der Waals surface area contributed by atoms with Crippen LogP contribution in [0.1, 0.15) is 35.2 Å². The Morgan fingerprint density at radius 1 is 1.11 bits per heavy atom. The van der Waals surface area contributed by atoms with Crippen molar-refractivity contribution in [2.75, 3.05) is 25.0 Å². The van der Waals surface area contributed by atoms with E-state index in [2.05, 4.69) is 10.6 Å². The number of piperidine rings is 1. The van der Waals surface area contributed by atoms with Gasteiger partial charge in [-0.25, -0.2) is 4.79 Å². The highest BCUT2D eigenvalue weighted by Gasteiger charge is 2.22. The molecule has 0 saturated carbocycles. The maximum absolute atomic E-state index is 12.4. The number of hydrogen-bond acceptors (Lipinski definition) is 2. The summed E-state index contributed by atoms with van der Waals surface area (Å²) in [6.07, 6.45) is 2.83. The SMILES string of the molecule is Cc1ccc(C(=O)NCCC2CCN(C(=O)Nc3cccc(Cl)c3)CC2)cc1. The molecule has 0 aromatic heterocycles. The van der Waals surface area contributed by atoms with Crippen LogP contribution in [0.3, 0.4) is 0 Å². The summed E-state index contributed by atoms with van der Waals surface area (Å²) in [5.74, 6) is 0.492. The summed E-state index contributed by atoms with van der Waals surface area (Å²) in [5.41, 5.74) is 2.54. The second-order valence-electron chi connectivity index (χ2n) is 7.28. The lowest BCUT2D eigenvalue weighted by molar-refractivity contribution is 0.0949. The van der Waals surface area contributed by atoms with Crippen LogP contribution in [0, 0.1) is 12.8 Å². The van der Waals surface area contributed by atoms with E-state index < -0.39 is 0 Å². The predicted octanol–water partition coefficient (Wildman–Crippen LogP) is 4.71. The maximum atomic E-state index is 12.4. The predicted molar refractivity (Wildman–Crippen MR) is 113 cm³/mol. The van der Waals surface area contributed by atoms with Gasteiger partial charge in [-0.05, 0) is 62.4 Å². The molecule has 1 saturated heterocycles. The largest absolute Gasteiger partial charge is 0.352 e. The highest BCUT2D eigenvalue weighted by Crippen LogP contribution is 2.21. The Morgan fingerprint density at radius 3 is 2.50 bits per heavy atom. The Labute approximate surface area is 171 Å². The average molecular weight is 400 g/mol. The maximum Gasteiger partial charge on any atom is 0.321 e. The molecule has 0 atom stereocenters. The average Bonchev–Trinajstić information content (AvgIpc) is 2.69. The van der Waals surface area contributed by atoms with Gasteiger partial charge in [0.1, 0.15) is 0 Å². The minimum atomic E-state index is -0.0895. The molecule has 148 valence electrons. The summed E-state index contributed by atoms with van der Waals surface area (Å²) < 4.78 is 0. The second kappa shape index (κ2) is 9.60. The van der Waals surface area contributed by atoms with Crippen LogP contribution in [0.15, 0.2) is 48.5 Å². The van der Waals surface area contributed by atoms with Crippen molar-refractivity contribution in [2.45, 2.75) is 26.2 Å². The van der Waals surface area contributed by atoms with Gasteiger partial charge in [-0.15, -0.1) is 0 Å². The normalized spacial score (nSPS) is 14.6. The second-order valence-corrected chi connectivity index (χ2v) is 7.72. The summed E-state index contributed by atoms with van der Waals surface area (Å²) in [5, 5.41) is 6.49. The van der Waals surface area contributed by atoms with E-state index in [1.54, 1.807) is 12.1 Å². The number of carbonyl (C=O) groups is 2. The highest BCUT2D eigenvalue weighted by atomic mass is 35.5. The zero-order valence-electron chi connectivity index (χ0n) is 16.1. The van der Waals surface area contributed by atoms with Crippen LogP contribution < -0.4 is 10.6 Å². The first-order valence-electron chi connectivity index (χ1n) is 9.67. The first kappa shape index (κ1) is 20.2. The van der Waals surface area contributed by atoms with E-state index in [0.29, 0.717) is 28.7 Å². The number of carbonyl (C=O) groups excluding carboxylic acids is 2. The molecule has 0 bridgehead atoms. The van der Waals surface area contributed by atoms with E-state index in [9.17, 15) is 9.59 Å². The fraction of sp³-hybridized carbons (Fsp3) is 0.364. The van der Waals surface area contributed by atoms with Gasteiger partial charge in [-0.2, -0.15) is 0 Å². The van der Waals surface area contributed by atoms with Crippen molar-refractivity contribution in [3.63, 3.8) is 0 Å². The van der Waals surface area contributed by atoms with Crippen LogP contribution in [0.25, 0.3) is 0 Å². The number of anilines is 1. The Kier molecular flexibility index (Phi) is 6.93. The third-order valence-electron chi connectivity index (χ3n) is 5.13. The number of hydrogen-bond donors (Lipinski definition) is 2. The van der Waals surface area contributed by atoms with E-state index in [0.717, 1.165) is 37.9 Å². The van der Waals surface area contributed by atoms with Gasteiger partial charge in [0, 0.05) is 35.9 Å². The van der Waals surface area contributed by atoms with Crippen molar-refractivity contribution in [2.24, 2.45) is 5.92 Å². The monoisotopic (exact) mass is 399 g/mol. The number of nitrogens with one attached hydrogen (secondary N) is 2. The van der Waals surface area contributed by atoms with E-state index in [1.807, 2.05) is 48.2 Å². The first-order valence-corrected chi connectivity index (χ1v) is 10.1. The fourth-order valence-corrected chi connectivity index (χ4v) is 3.58. The van der Waals surface area contributed by atoms with Crippen molar-refractivity contribution >= 4 is 29.2 Å². The molecular weight excluding hydrogens is 374 g/mol. The van der Waals surface area contributed by atoms with Crippen molar-refractivity contribution in [1.29, 1.82) is 0 Å². The molecule has 1 aliphatic rings. The molecule has 0 radical (unpaired) electrons. The molecular formula is C22H26ClN3O2. The molecule has 3 amide bonds. The van der Waals surface area contributed by atoms with Crippen LogP contribution >= 0.6 is 11.6 Å². The van der Waals surface area contributed by atoms with Crippen LogP contribution in [0.5, 0.6) is 0 Å². The molecule has 1 aliphatic heterocycles. The van der Waals surface area contributed by atoms with Gasteiger partial charge in [0.05, 0.1) is 0 Å². The molecule has 0 unspecified atom stereocenters. The number of halogens is 1. The minimum Gasteiger partial charge on any atom is -0.352 e. The third kappa shape index (κ3) is 5.73. The summed E-state index contributed by atoms with van der Waals surface area (Å²) in [6, 6.07) is 14.7. The Balaban J connectivity index is 1.37. The number of urea groups is 1. The standard InChI is InChI=1S/C22H26ClN3O2/c1-16-5-7-18(8-6-16)21(27)24-12-9-17-10-13-26(14-11-17)22(28)25-20-4-2-3-19(23)15-20/h2-8,15,17H,9-14H2,1H3,(H,24,27)(H,25,28). The lowest BCUT2D eigenvalue weighted by Gasteiger charge is -2.32. The number of nitrogens with zero attached hydrogens (tertiary/aromatic N) is 1. The quantitative estimate of drug-likeness (QED) is 0.764. The van der Waals surface area contributed by atoms with E-state index in [1.165, 1.54) is 0 Å². The number of amides is 3. The molecule has 2 N–H and O–H groups in total. The summed E-state index contributed by atoms with van der Waals surface area (Å²) in [4.78, 5) is 26.4. The minimum absolute atomic E-state index is 0.0293. The molecule has 28 heavy (non-hydrogen) atoms. The molecule has 3 rings (SSSR count). The third-order valence-corrected chi connectivity index (χ3v) is 5.36. The zero-order valence-corrected chi connectivity index (χ0v) is 16.8. The topological polar surface area (TPSA) is 61.4 Å². The van der Waals surface area contributed by atoms with Gasteiger partial charge < -0.3 is 15.5 Å². The molecule has 1 fully saturated rings. The summed E-state index contributed by atoms with van der Waals surface area (Å²) in [7, 11) is 0. The zero-order chi connectivity index (χ0) is 19.9. The van der Waals surface area contributed by atoms with Crippen molar-refractivity contribution in [3.05, 3.63) is 64.7 Å². The number of likely N-dealkylation sites (tertiary alicyclic amines) is 1. The van der Waals surface area contributed by atoms with E-state index >= 15 is 0 Å². The van der Waals surface area contributed by atoms with Crippen LogP contribution in [0.2, 0.25) is 5.02 Å². The Hall–Kier alpha value is -2.53. The van der Waals surface area contributed by atoms with Crippen molar-refractivity contribution < 1.29 is 9.59 Å². The van der Waals surface area contributed by atoms with Crippen molar-refractivity contribution in [1.82, 2.24) is 10.2 Å². The summed E-state index contributed by atoms with van der Waals surface area (Å²) in [6.45, 7) is 4.11. The van der Waals surface area contributed by atoms with Gasteiger partial charge >= 0.3 is 6.03 Å². The van der Waals surface area contributed by atoms with Gasteiger partial charge in [0.25, 0.3) is 5.91 Å². The Morgan fingerprint density at radius 2 is 1.82 bits per heavy atom. The van der Waals surface area contributed by atoms with E-state index in [-0.39, 0.29) is 11.9 Å². The molecule has 5 nitrogen and oxygen atoms in total. The highest BCUT2D eigenvalue weighted by molar-refractivity contribution is 6.30. The molecule has 1 heterocycles. The number of aryl methyl sites for hydroxylation is 1. The molecule has 2 aromatic rings.